The number of hydrogen-bond acceptors (Lipinski definition) is 3. The SMILES string of the molecule is CCc1c(Br)c(C(O)CCN2CCC(F)(F)C2)nn1C. The van der Waals surface area contributed by atoms with Crippen LogP contribution in [0.5, 0.6) is 0 Å². The van der Waals surface area contributed by atoms with Crippen molar-refractivity contribution in [3.05, 3.63) is 15.9 Å². The van der Waals surface area contributed by atoms with Crippen molar-refractivity contribution in [2.24, 2.45) is 7.05 Å². The van der Waals surface area contributed by atoms with E-state index < -0.39 is 12.0 Å². The molecule has 4 nitrogen and oxygen atoms in total. The van der Waals surface area contributed by atoms with Crippen LogP contribution < -0.4 is 0 Å². The monoisotopic (exact) mass is 351 g/mol. The lowest BCUT2D eigenvalue weighted by Gasteiger charge is -2.17. The average Bonchev–Trinajstić information content (AvgIpc) is 2.86. The fraction of sp³-hybridized carbons (Fsp3) is 0.769. The van der Waals surface area contributed by atoms with Crippen LogP contribution in [0.2, 0.25) is 0 Å². The third kappa shape index (κ3) is 3.38. The van der Waals surface area contributed by atoms with Crippen molar-refractivity contribution in [3.8, 4) is 0 Å². The molecule has 0 aromatic carbocycles. The molecule has 2 heterocycles. The van der Waals surface area contributed by atoms with Crippen LogP contribution >= 0.6 is 15.9 Å². The van der Waals surface area contributed by atoms with Gasteiger partial charge < -0.3 is 5.11 Å². The van der Waals surface area contributed by atoms with E-state index in [1.807, 2.05) is 14.0 Å². The van der Waals surface area contributed by atoms with Crippen LogP contribution in [-0.2, 0) is 13.5 Å². The number of rotatable bonds is 5. The van der Waals surface area contributed by atoms with E-state index in [0.717, 1.165) is 16.6 Å². The number of alkyl halides is 2. The Balaban J connectivity index is 1.94. The molecular formula is C13H20BrF2N3O. The molecule has 1 aromatic rings. The van der Waals surface area contributed by atoms with Gasteiger partial charge in [0.15, 0.2) is 0 Å². The van der Waals surface area contributed by atoms with Crippen molar-refractivity contribution in [1.82, 2.24) is 14.7 Å². The predicted octanol–water partition coefficient (Wildman–Crippen LogP) is 2.51. The summed E-state index contributed by atoms with van der Waals surface area (Å²) < 4.78 is 28.7. The minimum Gasteiger partial charge on any atom is -0.387 e. The smallest absolute Gasteiger partial charge is 0.261 e. The molecule has 1 fully saturated rings. The van der Waals surface area contributed by atoms with Crippen LogP contribution in [0.1, 0.15) is 37.3 Å². The third-order valence-electron chi connectivity index (χ3n) is 3.74. The fourth-order valence-corrected chi connectivity index (χ4v) is 3.47. The second-order valence-electron chi connectivity index (χ2n) is 5.31. The highest BCUT2D eigenvalue weighted by Crippen LogP contribution is 2.30. The van der Waals surface area contributed by atoms with E-state index in [0.29, 0.717) is 25.2 Å². The summed E-state index contributed by atoms with van der Waals surface area (Å²) in [5, 5.41) is 14.5. The lowest BCUT2D eigenvalue weighted by atomic mass is 10.1. The molecule has 20 heavy (non-hydrogen) atoms. The number of hydrogen-bond donors (Lipinski definition) is 1. The minimum atomic E-state index is -2.58. The first kappa shape index (κ1) is 15.9. The van der Waals surface area contributed by atoms with Gasteiger partial charge in [-0.1, -0.05) is 6.92 Å². The highest BCUT2D eigenvalue weighted by molar-refractivity contribution is 9.10. The first-order valence-corrected chi connectivity index (χ1v) is 7.63. The zero-order valence-corrected chi connectivity index (χ0v) is 13.3. The maximum absolute atomic E-state index is 13.1. The van der Waals surface area contributed by atoms with Gasteiger partial charge in [-0.25, -0.2) is 8.78 Å². The van der Waals surface area contributed by atoms with Gasteiger partial charge in [0.25, 0.3) is 5.92 Å². The number of aliphatic hydroxyl groups is 1. The maximum Gasteiger partial charge on any atom is 0.261 e. The van der Waals surface area contributed by atoms with Crippen LogP contribution in [0.15, 0.2) is 4.47 Å². The van der Waals surface area contributed by atoms with Crippen LogP contribution in [0.4, 0.5) is 8.78 Å². The molecule has 1 saturated heterocycles. The van der Waals surface area contributed by atoms with Gasteiger partial charge in [0.2, 0.25) is 0 Å². The van der Waals surface area contributed by atoms with Crippen LogP contribution in [0, 0.1) is 0 Å². The first-order chi connectivity index (χ1) is 9.34. The Morgan fingerprint density at radius 2 is 2.20 bits per heavy atom. The van der Waals surface area contributed by atoms with Gasteiger partial charge in [-0.3, -0.25) is 9.58 Å². The minimum absolute atomic E-state index is 0.0869. The summed E-state index contributed by atoms with van der Waals surface area (Å²) in [6.07, 6.45) is 0.408. The number of likely N-dealkylation sites (tertiary alicyclic amines) is 1. The van der Waals surface area contributed by atoms with E-state index >= 15 is 0 Å². The van der Waals surface area contributed by atoms with E-state index in [2.05, 4.69) is 21.0 Å². The van der Waals surface area contributed by atoms with E-state index in [-0.39, 0.29) is 13.0 Å². The molecule has 2 rings (SSSR count). The molecule has 0 saturated carbocycles. The van der Waals surface area contributed by atoms with E-state index in [1.54, 1.807) is 9.58 Å². The Hall–Kier alpha value is -0.530. The zero-order chi connectivity index (χ0) is 14.9. The molecule has 0 spiro atoms. The summed E-state index contributed by atoms with van der Waals surface area (Å²) in [6, 6.07) is 0. The zero-order valence-electron chi connectivity index (χ0n) is 11.7. The summed E-state index contributed by atoms with van der Waals surface area (Å²) >= 11 is 3.46. The summed E-state index contributed by atoms with van der Waals surface area (Å²) in [5.74, 6) is -2.58. The molecule has 0 aliphatic carbocycles. The summed E-state index contributed by atoms with van der Waals surface area (Å²) in [5.41, 5.74) is 1.61. The summed E-state index contributed by atoms with van der Waals surface area (Å²) in [4.78, 5) is 1.70. The van der Waals surface area contributed by atoms with E-state index in [9.17, 15) is 13.9 Å². The van der Waals surface area contributed by atoms with Crippen molar-refractivity contribution in [2.75, 3.05) is 19.6 Å². The van der Waals surface area contributed by atoms with Gasteiger partial charge >= 0.3 is 0 Å². The molecule has 0 bridgehead atoms. The van der Waals surface area contributed by atoms with Crippen LogP contribution in [0.3, 0.4) is 0 Å². The maximum atomic E-state index is 13.1. The number of aryl methyl sites for hydroxylation is 1. The lowest BCUT2D eigenvalue weighted by molar-refractivity contribution is 0.0107. The predicted molar refractivity (Wildman–Crippen MR) is 75.9 cm³/mol. The van der Waals surface area contributed by atoms with Crippen molar-refractivity contribution in [3.63, 3.8) is 0 Å². The Kier molecular flexibility index (Phi) is 4.81. The van der Waals surface area contributed by atoms with Crippen LogP contribution in [-0.4, -0.2) is 45.3 Å². The van der Waals surface area contributed by atoms with E-state index in [1.165, 1.54) is 0 Å². The second-order valence-corrected chi connectivity index (χ2v) is 6.10. The molecule has 1 aromatic heterocycles. The Labute approximate surface area is 125 Å². The molecule has 7 heteroatoms. The van der Waals surface area contributed by atoms with Gasteiger partial charge in [-0.2, -0.15) is 5.10 Å². The van der Waals surface area contributed by atoms with Crippen LogP contribution in [0.25, 0.3) is 0 Å². The van der Waals surface area contributed by atoms with Gasteiger partial charge in [-0.15, -0.1) is 0 Å². The van der Waals surface area contributed by atoms with Gasteiger partial charge in [-0.05, 0) is 28.8 Å². The van der Waals surface area contributed by atoms with E-state index in [4.69, 9.17) is 0 Å². The van der Waals surface area contributed by atoms with Crippen molar-refractivity contribution < 1.29 is 13.9 Å². The Morgan fingerprint density at radius 3 is 2.70 bits per heavy atom. The van der Waals surface area contributed by atoms with Crippen molar-refractivity contribution in [2.45, 2.75) is 38.2 Å². The number of nitrogens with zero attached hydrogens (tertiary/aromatic N) is 3. The van der Waals surface area contributed by atoms with Gasteiger partial charge in [0, 0.05) is 26.6 Å². The quantitative estimate of drug-likeness (QED) is 0.886. The normalized spacial score (nSPS) is 20.5. The summed E-state index contributed by atoms with van der Waals surface area (Å²) in [7, 11) is 1.83. The standard InChI is InChI=1S/C13H20BrF2N3O/c1-3-9-11(14)12(17-18(9)2)10(20)4-6-19-7-5-13(15,16)8-19/h10,20H,3-8H2,1-2H3. The molecule has 1 unspecified atom stereocenters. The van der Waals surface area contributed by atoms with Gasteiger partial charge in [0.05, 0.1) is 16.7 Å². The third-order valence-corrected chi connectivity index (χ3v) is 4.61. The number of aromatic nitrogens is 2. The Bertz CT molecular complexity index is 478. The molecule has 1 atom stereocenters. The molecule has 0 amide bonds. The van der Waals surface area contributed by atoms with Crippen molar-refractivity contribution in [1.29, 1.82) is 0 Å². The lowest BCUT2D eigenvalue weighted by Crippen LogP contribution is -2.27. The Morgan fingerprint density at radius 1 is 1.50 bits per heavy atom. The highest BCUT2D eigenvalue weighted by atomic mass is 79.9. The highest BCUT2D eigenvalue weighted by Gasteiger charge is 2.38. The first-order valence-electron chi connectivity index (χ1n) is 6.83. The molecular weight excluding hydrogens is 332 g/mol. The molecule has 1 aliphatic heterocycles. The molecule has 1 N–H and O–H groups in total. The number of aliphatic hydroxyl groups excluding tert-OH is 1. The van der Waals surface area contributed by atoms with Gasteiger partial charge in [0.1, 0.15) is 11.8 Å². The summed E-state index contributed by atoms with van der Waals surface area (Å²) in [6.45, 7) is 2.66. The molecule has 1 aliphatic rings. The number of halogens is 3. The second kappa shape index (κ2) is 6.07. The largest absolute Gasteiger partial charge is 0.387 e. The average molecular weight is 352 g/mol. The topological polar surface area (TPSA) is 41.3 Å². The van der Waals surface area contributed by atoms with Crippen molar-refractivity contribution >= 4 is 15.9 Å². The molecule has 114 valence electrons. The fourth-order valence-electron chi connectivity index (χ4n) is 2.59. The molecule has 0 radical (unpaired) electrons.